The predicted molar refractivity (Wildman–Crippen MR) is 123 cm³/mol. The summed E-state index contributed by atoms with van der Waals surface area (Å²) in [5.74, 6) is -0.506. The van der Waals surface area contributed by atoms with Gasteiger partial charge in [0.1, 0.15) is 9.71 Å². The summed E-state index contributed by atoms with van der Waals surface area (Å²) in [6.45, 7) is 3.89. The van der Waals surface area contributed by atoms with Gasteiger partial charge < -0.3 is 4.74 Å². The minimum absolute atomic E-state index is 0.218. The molecule has 0 aliphatic carbocycles. The molecule has 6 nitrogen and oxygen atoms in total. The molecule has 158 valence electrons. The van der Waals surface area contributed by atoms with Gasteiger partial charge in [0.05, 0.1) is 24.2 Å². The maximum absolute atomic E-state index is 13.5. The van der Waals surface area contributed by atoms with Crippen LogP contribution in [-0.2, 0) is 11.3 Å². The molecule has 0 bridgehead atoms. The normalized spacial score (nSPS) is 11.1. The molecule has 2 aromatic carbocycles. The Hall–Kier alpha value is -3.16. The van der Waals surface area contributed by atoms with Crippen molar-refractivity contribution in [2.24, 2.45) is 0 Å². The van der Waals surface area contributed by atoms with Gasteiger partial charge in [-0.25, -0.2) is 14.2 Å². The SMILES string of the molecule is CCOC(=O)c1sc2c(c1C)c(=O)n(-c1cccc(Cl)c1)c(=O)n2Cc1ccccc1. The summed E-state index contributed by atoms with van der Waals surface area (Å²) in [5.41, 5.74) is 0.776. The third-order valence-electron chi connectivity index (χ3n) is 4.92. The second kappa shape index (κ2) is 8.53. The number of aromatic nitrogens is 2. The fraction of sp³-hybridized carbons (Fsp3) is 0.174. The number of halogens is 1. The van der Waals surface area contributed by atoms with E-state index in [1.54, 1.807) is 38.1 Å². The van der Waals surface area contributed by atoms with E-state index in [4.69, 9.17) is 16.3 Å². The number of thiophene rings is 1. The van der Waals surface area contributed by atoms with Crippen molar-refractivity contribution in [3.05, 3.63) is 96.5 Å². The average Bonchev–Trinajstić information content (AvgIpc) is 3.10. The first-order valence-corrected chi connectivity index (χ1v) is 10.9. The van der Waals surface area contributed by atoms with Crippen LogP contribution in [0.3, 0.4) is 0 Å². The molecular formula is C23H19ClN2O4S. The largest absolute Gasteiger partial charge is 0.462 e. The van der Waals surface area contributed by atoms with Crippen molar-refractivity contribution in [1.29, 1.82) is 0 Å². The van der Waals surface area contributed by atoms with Crippen molar-refractivity contribution >= 4 is 39.1 Å². The van der Waals surface area contributed by atoms with E-state index in [0.717, 1.165) is 21.5 Å². The fourth-order valence-corrected chi connectivity index (χ4v) is 4.86. The molecule has 0 radical (unpaired) electrons. The van der Waals surface area contributed by atoms with Gasteiger partial charge in [-0.3, -0.25) is 9.36 Å². The first-order valence-electron chi connectivity index (χ1n) is 9.68. The zero-order valence-corrected chi connectivity index (χ0v) is 18.5. The summed E-state index contributed by atoms with van der Waals surface area (Å²) < 4.78 is 7.78. The highest BCUT2D eigenvalue weighted by Crippen LogP contribution is 2.29. The van der Waals surface area contributed by atoms with Crippen molar-refractivity contribution in [1.82, 2.24) is 9.13 Å². The van der Waals surface area contributed by atoms with E-state index in [1.807, 2.05) is 30.3 Å². The van der Waals surface area contributed by atoms with E-state index in [9.17, 15) is 14.4 Å². The lowest BCUT2D eigenvalue weighted by atomic mass is 10.2. The molecule has 0 N–H and O–H groups in total. The van der Waals surface area contributed by atoms with Crippen LogP contribution in [0.25, 0.3) is 15.9 Å². The smallest absolute Gasteiger partial charge is 0.348 e. The van der Waals surface area contributed by atoms with E-state index in [-0.39, 0.29) is 13.2 Å². The lowest BCUT2D eigenvalue weighted by molar-refractivity contribution is 0.0531. The highest BCUT2D eigenvalue weighted by Gasteiger charge is 2.24. The molecule has 4 rings (SSSR count). The number of esters is 1. The van der Waals surface area contributed by atoms with Gasteiger partial charge in [-0.1, -0.05) is 48.0 Å². The quantitative estimate of drug-likeness (QED) is 0.419. The van der Waals surface area contributed by atoms with Crippen LogP contribution < -0.4 is 11.2 Å². The van der Waals surface area contributed by atoms with Gasteiger partial charge >= 0.3 is 11.7 Å². The molecule has 2 aromatic heterocycles. The molecule has 0 spiro atoms. The monoisotopic (exact) mass is 454 g/mol. The van der Waals surface area contributed by atoms with Crippen molar-refractivity contribution in [2.75, 3.05) is 6.61 Å². The zero-order valence-electron chi connectivity index (χ0n) is 16.9. The number of carbonyl (C=O) groups is 1. The van der Waals surface area contributed by atoms with E-state index in [2.05, 4.69) is 0 Å². The lowest BCUT2D eigenvalue weighted by Gasteiger charge is -2.12. The summed E-state index contributed by atoms with van der Waals surface area (Å²) in [5, 5.41) is 0.733. The number of rotatable bonds is 5. The summed E-state index contributed by atoms with van der Waals surface area (Å²) in [4.78, 5) is 40.2. The molecule has 8 heteroatoms. The number of aryl methyl sites for hydroxylation is 1. The molecule has 31 heavy (non-hydrogen) atoms. The van der Waals surface area contributed by atoms with Crippen molar-refractivity contribution in [3.63, 3.8) is 0 Å². The molecule has 0 aliphatic heterocycles. The minimum atomic E-state index is -0.506. The molecule has 0 saturated carbocycles. The molecule has 0 amide bonds. The van der Waals surface area contributed by atoms with Gasteiger partial charge in [0.25, 0.3) is 5.56 Å². The van der Waals surface area contributed by atoms with Gasteiger partial charge in [-0.05, 0) is 43.2 Å². The minimum Gasteiger partial charge on any atom is -0.462 e. The van der Waals surface area contributed by atoms with E-state index in [0.29, 0.717) is 31.4 Å². The molecule has 0 saturated heterocycles. The van der Waals surface area contributed by atoms with Crippen molar-refractivity contribution in [3.8, 4) is 5.69 Å². The van der Waals surface area contributed by atoms with Crippen LogP contribution in [-0.4, -0.2) is 21.7 Å². The Bertz CT molecular complexity index is 1400. The van der Waals surface area contributed by atoms with E-state index in [1.165, 1.54) is 4.57 Å². The molecule has 0 aliphatic rings. The van der Waals surface area contributed by atoms with Crippen LogP contribution in [0.4, 0.5) is 0 Å². The van der Waals surface area contributed by atoms with E-state index < -0.39 is 17.2 Å². The Morgan fingerprint density at radius 1 is 1.10 bits per heavy atom. The van der Waals surface area contributed by atoms with Crippen LogP contribution in [0.5, 0.6) is 0 Å². The van der Waals surface area contributed by atoms with Gasteiger partial charge in [0, 0.05) is 5.02 Å². The van der Waals surface area contributed by atoms with Crippen molar-refractivity contribution in [2.45, 2.75) is 20.4 Å². The maximum Gasteiger partial charge on any atom is 0.348 e. The van der Waals surface area contributed by atoms with E-state index >= 15 is 0 Å². The van der Waals surface area contributed by atoms with Gasteiger partial charge in [0.15, 0.2) is 0 Å². The average molecular weight is 455 g/mol. The molecule has 4 aromatic rings. The summed E-state index contributed by atoms with van der Waals surface area (Å²) in [7, 11) is 0. The molecule has 0 unspecified atom stereocenters. The Balaban J connectivity index is 2.07. The molecular weight excluding hydrogens is 436 g/mol. The lowest BCUT2D eigenvalue weighted by Crippen LogP contribution is -2.38. The molecule has 0 fully saturated rings. The third kappa shape index (κ3) is 3.82. The fourth-order valence-electron chi connectivity index (χ4n) is 3.49. The number of ether oxygens (including phenoxy) is 1. The predicted octanol–water partition coefficient (Wildman–Crippen LogP) is 4.40. The Labute approximate surface area is 186 Å². The second-order valence-corrected chi connectivity index (χ2v) is 8.37. The van der Waals surface area contributed by atoms with Crippen molar-refractivity contribution < 1.29 is 9.53 Å². The van der Waals surface area contributed by atoms with Gasteiger partial charge in [-0.15, -0.1) is 11.3 Å². The highest BCUT2D eigenvalue weighted by atomic mass is 35.5. The second-order valence-electron chi connectivity index (χ2n) is 6.93. The Morgan fingerprint density at radius 3 is 2.52 bits per heavy atom. The molecule has 2 heterocycles. The third-order valence-corrected chi connectivity index (χ3v) is 6.45. The number of carbonyl (C=O) groups excluding carboxylic acids is 1. The number of hydrogen-bond acceptors (Lipinski definition) is 5. The van der Waals surface area contributed by atoms with Crippen LogP contribution >= 0.6 is 22.9 Å². The van der Waals surface area contributed by atoms with Crippen LogP contribution in [0, 0.1) is 6.92 Å². The number of hydrogen-bond donors (Lipinski definition) is 0. The van der Waals surface area contributed by atoms with Crippen LogP contribution in [0.1, 0.15) is 27.7 Å². The Morgan fingerprint density at radius 2 is 1.84 bits per heavy atom. The number of nitrogens with zero attached hydrogens (tertiary/aromatic N) is 2. The first kappa shape index (κ1) is 21.1. The molecule has 0 atom stereocenters. The van der Waals surface area contributed by atoms with Gasteiger partial charge in [0.2, 0.25) is 0 Å². The maximum atomic E-state index is 13.5. The first-order chi connectivity index (χ1) is 14.9. The summed E-state index contributed by atoms with van der Waals surface area (Å²) in [6, 6.07) is 16.0. The highest BCUT2D eigenvalue weighted by molar-refractivity contribution is 7.20. The standard InChI is InChI=1S/C23H19ClN2O4S/c1-3-30-22(28)19-14(2)18-20(27)26(17-11-7-10-16(24)12-17)23(29)25(21(18)31-19)13-15-8-5-4-6-9-15/h4-12H,3,13H2,1-2H3. The summed E-state index contributed by atoms with van der Waals surface area (Å²) in [6.07, 6.45) is 0. The summed E-state index contributed by atoms with van der Waals surface area (Å²) >= 11 is 7.22. The zero-order chi connectivity index (χ0) is 22.1. The Kier molecular flexibility index (Phi) is 5.80. The topological polar surface area (TPSA) is 70.3 Å². The van der Waals surface area contributed by atoms with Crippen LogP contribution in [0.15, 0.2) is 64.2 Å². The van der Waals surface area contributed by atoms with Gasteiger partial charge in [-0.2, -0.15) is 0 Å². The van der Waals surface area contributed by atoms with Crippen LogP contribution in [0.2, 0.25) is 5.02 Å². The number of benzene rings is 2. The number of fused-ring (bicyclic) bond motifs is 1.